The summed E-state index contributed by atoms with van der Waals surface area (Å²) in [6.45, 7) is 0.961. The zero-order valence-electron chi connectivity index (χ0n) is 14.2. The molecule has 3 aromatic rings. The molecule has 0 aliphatic rings. The number of hydrogen-bond donors (Lipinski definition) is 0. The number of para-hydroxylation sites is 1. The van der Waals surface area contributed by atoms with Gasteiger partial charge in [-0.05, 0) is 23.6 Å². The van der Waals surface area contributed by atoms with Crippen LogP contribution in [0.5, 0.6) is 11.5 Å². The lowest BCUT2D eigenvalue weighted by Crippen LogP contribution is -2.34. The van der Waals surface area contributed by atoms with Crippen molar-refractivity contribution in [1.82, 2.24) is 4.90 Å². The largest absolute Gasteiger partial charge is 0.492 e. The van der Waals surface area contributed by atoms with Crippen LogP contribution in [0.25, 0.3) is 10.8 Å². The summed E-state index contributed by atoms with van der Waals surface area (Å²) in [4.78, 5) is 13.9. The molecular weight excluding hydrogens is 314 g/mol. The second-order valence-electron chi connectivity index (χ2n) is 5.74. The summed E-state index contributed by atoms with van der Waals surface area (Å²) in [7, 11) is 1.75. The van der Waals surface area contributed by atoms with E-state index in [1.54, 1.807) is 11.9 Å². The molecule has 0 atom stereocenters. The smallest absolute Gasteiger partial charge is 0.260 e. The molecule has 1 amide bonds. The molecule has 0 saturated heterocycles. The van der Waals surface area contributed by atoms with Gasteiger partial charge in [-0.3, -0.25) is 4.79 Å². The van der Waals surface area contributed by atoms with Crippen LogP contribution in [0.3, 0.4) is 0 Å². The topological polar surface area (TPSA) is 38.8 Å². The summed E-state index contributed by atoms with van der Waals surface area (Å²) in [5, 5.41) is 2.10. The normalized spacial score (nSPS) is 10.4. The Morgan fingerprint density at radius 1 is 0.880 bits per heavy atom. The van der Waals surface area contributed by atoms with Gasteiger partial charge in [-0.2, -0.15) is 0 Å². The average molecular weight is 335 g/mol. The predicted molar refractivity (Wildman–Crippen MR) is 99.0 cm³/mol. The zero-order valence-corrected chi connectivity index (χ0v) is 14.2. The molecule has 0 radical (unpaired) electrons. The number of nitrogens with zero attached hydrogens (tertiary/aromatic N) is 1. The van der Waals surface area contributed by atoms with Crippen molar-refractivity contribution < 1.29 is 14.3 Å². The molecule has 0 unspecified atom stereocenters. The highest BCUT2D eigenvalue weighted by Gasteiger charge is 2.11. The Morgan fingerprint density at radius 3 is 2.44 bits per heavy atom. The van der Waals surface area contributed by atoms with Gasteiger partial charge in [0.25, 0.3) is 5.91 Å². The van der Waals surface area contributed by atoms with Crippen molar-refractivity contribution in [1.29, 1.82) is 0 Å². The highest BCUT2D eigenvalue weighted by molar-refractivity contribution is 5.88. The number of hydrogen-bond acceptors (Lipinski definition) is 3. The number of fused-ring (bicyclic) bond motifs is 1. The minimum Gasteiger partial charge on any atom is -0.492 e. The van der Waals surface area contributed by atoms with E-state index in [-0.39, 0.29) is 12.5 Å². The van der Waals surface area contributed by atoms with E-state index in [0.717, 1.165) is 22.3 Å². The van der Waals surface area contributed by atoms with Crippen LogP contribution in [0.1, 0.15) is 0 Å². The van der Waals surface area contributed by atoms with Crippen LogP contribution in [0.15, 0.2) is 72.8 Å². The average Bonchev–Trinajstić information content (AvgIpc) is 2.66. The lowest BCUT2D eigenvalue weighted by molar-refractivity contribution is -0.132. The molecule has 128 valence electrons. The fourth-order valence-corrected chi connectivity index (χ4v) is 2.51. The Balaban J connectivity index is 1.50. The molecular formula is C21H21NO3. The Kier molecular flexibility index (Phi) is 5.52. The molecule has 3 aromatic carbocycles. The first-order valence-electron chi connectivity index (χ1n) is 8.26. The van der Waals surface area contributed by atoms with Crippen LogP contribution in [-0.4, -0.2) is 37.6 Å². The molecule has 0 heterocycles. The number of benzene rings is 3. The molecule has 4 nitrogen and oxygen atoms in total. The van der Waals surface area contributed by atoms with E-state index in [2.05, 4.69) is 0 Å². The summed E-state index contributed by atoms with van der Waals surface area (Å²) >= 11 is 0. The second kappa shape index (κ2) is 8.20. The summed E-state index contributed by atoms with van der Waals surface area (Å²) in [5.41, 5.74) is 0. The number of amides is 1. The summed E-state index contributed by atoms with van der Waals surface area (Å²) in [6.07, 6.45) is 0. The Hall–Kier alpha value is -3.01. The molecule has 0 saturated carbocycles. The highest BCUT2D eigenvalue weighted by Crippen LogP contribution is 2.25. The molecule has 0 aliphatic heterocycles. The van der Waals surface area contributed by atoms with Crippen molar-refractivity contribution in [2.24, 2.45) is 0 Å². The maximum atomic E-state index is 12.2. The maximum Gasteiger partial charge on any atom is 0.260 e. The molecule has 0 aromatic heterocycles. The molecule has 0 bridgehead atoms. The molecule has 25 heavy (non-hydrogen) atoms. The second-order valence-corrected chi connectivity index (χ2v) is 5.74. The number of likely N-dealkylation sites (N-methyl/N-ethyl adjacent to an activating group) is 1. The van der Waals surface area contributed by atoms with E-state index in [1.807, 2.05) is 72.8 Å². The lowest BCUT2D eigenvalue weighted by atomic mass is 10.1. The van der Waals surface area contributed by atoms with Crippen LogP contribution in [0.4, 0.5) is 0 Å². The minimum absolute atomic E-state index is 0.00977. The van der Waals surface area contributed by atoms with Gasteiger partial charge < -0.3 is 14.4 Å². The third kappa shape index (κ3) is 4.51. The van der Waals surface area contributed by atoms with Crippen LogP contribution < -0.4 is 9.47 Å². The van der Waals surface area contributed by atoms with Gasteiger partial charge in [0.2, 0.25) is 0 Å². The van der Waals surface area contributed by atoms with E-state index in [4.69, 9.17) is 9.47 Å². The molecule has 3 rings (SSSR count). The van der Waals surface area contributed by atoms with Crippen molar-refractivity contribution in [2.75, 3.05) is 26.8 Å². The van der Waals surface area contributed by atoms with Gasteiger partial charge in [0.1, 0.15) is 18.1 Å². The van der Waals surface area contributed by atoms with Gasteiger partial charge in [-0.15, -0.1) is 0 Å². The van der Waals surface area contributed by atoms with Gasteiger partial charge in [0.05, 0.1) is 6.54 Å². The SMILES string of the molecule is CN(CCOc1ccccc1)C(=O)COc1cccc2ccccc12. The van der Waals surface area contributed by atoms with Gasteiger partial charge in [0, 0.05) is 12.4 Å². The third-order valence-corrected chi connectivity index (χ3v) is 3.97. The number of carbonyl (C=O) groups is 1. The molecule has 0 fully saturated rings. The summed E-state index contributed by atoms with van der Waals surface area (Å²) in [5.74, 6) is 1.44. The van der Waals surface area contributed by atoms with Gasteiger partial charge >= 0.3 is 0 Å². The molecule has 4 heteroatoms. The van der Waals surface area contributed by atoms with Crippen LogP contribution in [0, 0.1) is 0 Å². The van der Waals surface area contributed by atoms with E-state index in [1.165, 1.54) is 0 Å². The van der Waals surface area contributed by atoms with Gasteiger partial charge in [-0.25, -0.2) is 0 Å². The standard InChI is InChI=1S/C21H21NO3/c1-22(14-15-24-18-10-3-2-4-11-18)21(23)16-25-20-13-7-9-17-8-5-6-12-19(17)20/h2-13H,14-16H2,1H3. The Morgan fingerprint density at radius 2 is 1.60 bits per heavy atom. The van der Waals surface area contributed by atoms with E-state index in [9.17, 15) is 4.79 Å². The first kappa shape index (κ1) is 16.8. The van der Waals surface area contributed by atoms with Crippen molar-refractivity contribution in [2.45, 2.75) is 0 Å². The van der Waals surface area contributed by atoms with Gasteiger partial charge in [-0.1, -0.05) is 54.6 Å². The zero-order chi connectivity index (χ0) is 17.5. The van der Waals surface area contributed by atoms with Crippen LogP contribution in [-0.2, 0) is 4.79 Å². The van der Waals surface area contributed by atoms with E-state index >= 15 is 0 Å². The number of carbonyl (C=O) groups excluding carboxylic acids is 1. The number of ether oxygens (including phenoxy) is 2. The van der Waals surface area contributed by atoms with Crippen molar-refractivity contribution in [3.8, 4) is 11.5 Å². The van der Waals surface area contributed by atoms with Crippen molar-refractivity contribution in [3.05, 3.63) is 72.8 Å². The molecule has 0 N–H and O–H groups in total. The first-order valence-corrected chi connectivity index (χ1v) is 8.26. The lowest BCUT2D eigenvalue weighted by Gasteiger charge is -2.18. The van der Waals surface area contributed by atoms with Crippen LogP contribution >= 0.6 is 0 Å². The fraction of sp³-hybridized carbons (Fsp3) is 0.190. The quantitative estimate of drug-likeness (QED) is 0.660. The first-order chi connectivity index (χ1) is 12.2. The monoisotopic (exact) mass is 335 g/mol. The maximum absolute atomic E-state index is 12.2. The van der Waals surface area contributed by atoms with Crippen molar-refractivity contribution in [3.63, 3.8) is 0 Å². The number of rotatable bonds is 7. The van der Waals surface area contributed by atoms with Gasteiger partial charge in [0.15, 0.2) is 6.61 Å². The molecule has 0 aliphatic carbocycles. The van der Waals surface area contributed by atoms with Crippen molar-refractivity contribution >= 4 is 16.7 Å². The molecule has 0 spiro atoms. The third-order valence-electron chi connectivity index (χ3n) is 3.97. The Labute approximate surface area is 147 Å². The summed E-state index contributed by atoms with van der Waals surface area (Å²) in [6, 6.07) is 23.4. The highest BCUT2D eigenvalue weighted by atomic mass is 16.5. The fourth-order valence-electron chi connectivity index (χ4n) is 2.51. The predicted octanol–water partition coefficient (Wildman–Crippen LogP) is 3.76. The Bertz CT molecular complexity index is 827. The van der Waals surface area contributed by atoms with E-state index < -0.39 is 0 Å². The van der Waals surface area contributed by atoms with Crippen LogP contribution in [0.2, 0.25) is 0 Å². The van der Waals surface area contributed by atoms with E-state index in [0.29, 0.717) is 13.2 Å². The summed E-state index contributed by atoms with van der Waals surface area (Å²) < 4.78 is 11.3. The minimum atomic E-state index is -0.0791.